The first-order valence-electron chi connectivity index (χ1n) is 10.0. The summed E-state index contributed by atoms with van der Waals surface area (Å²) in [5.74, 6) is 0. The monoisotopic (exact) mass is 384 g/mol. The van der Waals surface area contributed by atoms with E-state index in [1.165, 1.54) is 37.7 Å². The molecule has 1 aliphatic heterocycles. The predicted molar refractivity (Wildman–Crippen MR) is 110 cm³/mol. The standard InChI is InChI=1S/C21H28N4OS/c26-14-6-12-25-20(19(23-21(25)27)18-9-4-5-11-22-18)16-10-13-24(15-16)17-7-2-1-3-8-17/h4-5,9-11,13,15,17,19-20,26H,1-3,6-8,12,14H2,(H,23,27)/t19-,20-/m1/s1. The first-order valence-corrected chi connectivity index (χ1v) is 10.4. The van der Waals surface area contributed by atoms with Crippen molar-refractivity contribution in [3.8, 4) is 0 Å². The van der Waals surface area contributed by atoms with Gasteiger partial charge in [-0.15, -0.1) is 0 Å². The van der Waals surface area contributed by atoms with Gasteiger partial charge in [-0.2, -0.15) is 0 Å². The number of nitrogens with zero attached hydrogens (tertiary/aromatic N) is 3. The van der Waals surface area contributed by atoms with Gasteiger partial charge < -0.3 is 19.9 Å². The van der Waals surface area contributed by atoms with E-state index in [-0.39, 0.29) is 18.7 Å². The van der Waals surface area contributed by atoms with Gasteiger partial charge in [-0.1, -0.05) is 25.3 Å². The Hall–Kier alpha value is -1.92. The van der Waals surface area contributed by atoms with Gasteiger partial charge in [-0.3, -0.25) is 4.98 Å². The van der Waals surface area contributed by atoms with E-state index in [2.05, 4.69) is 44.3 Å². The Bertz CT molecular complexity index is 757. The summed E-state index contributed by atoms with van der Waals surface area (Å²) >= 11 is 5.64. The minimum atomic E-state index is 0.0274. The number of nitrogens with one attached hydrogen (secondary N) is 1. The second-order valence-electron chi connectivity index (χ2n) is 7.58. The zero-order valence-corrected chi connectivity index (χ0v) is 16.4. The van der Waals surface area contributed by atoms with Crippen LogP contribution in [-0.4, -0.2) is 37.8 Å². The van der Waals surface area contributed by atoms with Gasteiger partial charge >= 0.3 is 0 Å². The molecule has 2 atom stereocenters. The highest BCUT2D eigenvalue weighted by molar-refractivity contribution is 7.80. The van der Waals surface area contributed by atoms with Gasteiger partial charge in [0.1, 0.15) is 0 Å². The third-order valence-electron chi connectivity index (χ3n) is 5.83. The van der Waals surface area contributed by atoms with Crippen LogP contribution in [0.1, 0.15) is 67.9 Å². The minimum absolute atomic E-state index is 0.0274. The van der Waals surface area contributed by atoms with Crippen molar-refractivity contribution in [1.29, 1.82) is 0 Å². The minimum Gasteiger partial charge on any atom is -0.396 e. The number of rotatable bonds is 6. The summed E-state index contributed by atoms with van der Waals surface area (Å²) in [5.41, 5.74) is 2.27. The van der Waals surface area contributed by atoms with E-state index in [9.17, 15) is 5.11 Å². The molecule has 2 aliphatic rings. The highest BCUT2D eigenvalue weighted by Crippen LogP contribution is 2.39. The average molecular weight is 385 g/mol. The molecule has 2 aromatic heterocycles. The van der Waals surface area contributed by atoms with Crippen LogP contribution in [0.15, 0.2) is 42.9 Å². The van der Waals surface area contributed by atoms with Gasteiger partial charge in [0.05, 0.1) is 17.8 Å². The van der Waals surface area contributed by atoms with Crippen LogP contribution in [0.4, 0.5) is 0 Å². The van der Waals surface area contributed by atoms with Crippen molar-refractivity contribution in [1.82, 2.24) is 19.8 Å². The van der Waals surface area contributed by atoms with Crippen LogP contribution in [0.25, 0.3) is 0 Å². The lowest BCUT2D eigenvalue weighted by atomic mass is 9.95. The molecule has 0 spiro atoms. The highest BCUT2D eigenvalue weighted by Gasteiger charge is 2.39. The van der Waals surface area contributed by atoms with Gasteiger partial charge in [0, 0.05) is 37.8 Å². The second-order valence-corrected chi connectivity index (χ2v) is 7.97. The molecule has 6 heteroatoms. The van der Waals surface area contributed by atoms with Crippen molar-refractivity contribution in [2.45, 2.75) is 56.7 Å². The molecular weight excluding hydrogens is 356 g/mol. The lowest BCUT2D eigenvalue weighted by molar-refractivity contribution is 0.247. The molecule has 0 radical (unpaired) electrons. The fraction of sp³-hybridized carbons (Fsp3) is 0.524. The second kappa shape index (κ2) is 8.40. The highest BCUT2D eigenvalue weighted by atomic mass is 32.1. The Morgan fingerprint density at radius 1 is 1.19 bits per heavy atom. The summed E-state index contributed by atoms with van der Waals surface area (Å²) in [6, 6.07) is 9.00. The maximum absolute atomic E-state index is 9.32. The number of aliphatic hydroxyl groups is 1. The van der Waals surface area contributed by atoms with Gasteiger partial charge in [0.15, 0.2) is 5.11 Å². The van der Waals surface area contributed by atoms with Crippen LogP contribution in [0, 0.1) is 0 Å². The lowest BCUT2D eigenvalue weighted by Gasteiger charge is -2.27. The molecule has 1 saturated carbocycles. The van der Waals surface area contributed by atoms with Gasteiger partial charge in [-0.05, 0) is 55.2 Å². The Morgan fingerprint density at radius 2 is 2.04 bits per heavy atom. The molecule has 3 heterocycles. The third kappa shape index (κ3) is 3.87. The van der Waals surface area contributed by atoms with Crippen LogP contribution in [0.5, 0.6) is 0 Å². The molecule has 0 aromatic carbocycles. The van der Waals surface area contributed by atoms with Crippen molar-refractivity contribution < 1.29 is 5.11 Å². The molecule has 27 heavy (non-hydrogen) atoms. The van der Waals surface area contributed by atoms with Crippen molar-refractivity contribution in [2.75, 3.05) is 13.2 Å². The number of pyridine rings is 1. The average Bonchev–Trinajstić information content (AvgIpc) is 3.32. The molecule has 0 unspecified atom stereocenters. The predicted octanol–water partition coefficient (Wildman–Crippen LogP) is 3.74. The summed E-state index contributed by atoms with van der Waals surface area (Å²) in [4.78, 5) is 6.79. The number of aromatic nitrogens is 2. The molecular formula is C21H28N4OS. The summed E-state index contributed by atoms with van der Waals surface area (Å²) in [5, 5.41) is 13.5. The topological polar surface area (TPSA) is 53.3 Å². The molecule has 0 bridgehead atoms. The number of hydrogen-bond acceptors (Lipinski definition) is 3. The van der Waals surface area contributed by atoms with E-state index in [0.717, 1.165) is 17.4 Å². The first kappa shape index (κ1) is 18.4. The summed E-state index contributed by atoms with van der Waals surface area (Å²) in [7, 11) is 0. The molecule has 5 nitrogen and oxygen atoms in total. The first-order chi connectivity index (χ1) is 13.3. The SMILES string of the molecule is OCCCN1C(=S)N[C@H](c2ccccn2)[C@H]1c1ccn(C2CCCCC2)c1. The molecule has 2 fully saturated rings. The molecule has 1 saturated heterocycles. The third-order valence-corrected chi connectivity index (χ3v) is 6.18. The summed E-state index contributed by atoms with van der Waals surface area (Å²) in [6.45, 7) is 0.911. The molecule has 1 aliphatic carbocycles. The maximum atomic E-state index is 9.32. The molecule has 144 valence electrons. The number of aliphatic hydroxyl groups excluding tert-OH is 1. The smallest absolute Gasteiger partial charge is 0.170 e. The van der Waals surface area contributed by atoms with Crippen molar-refractivity contribution in [3.63, 3.8) is 0 Å². The van der Waals surface area contributed by atoms with Crippen LogP contribution in [0.2, 0.25) is 0 Å². The normalized spacial score (nSPS) is 23.6. The van der Waals surface area contributed by atoms with E-state index in [0.29, 0.717) is 12.5 Å². The van der Waals surface area contributed by atoms with Crippen LogP contribution < -0.4 is 5.32 Å². The van der Waals surface area contributed by atoms with Gasteiger partial charge in [-0.25, -0.2) is 0 Å². The quantitative estimate of drug-likeness (QED) is 0.743. The Labute approximate surface area is 166 Å². The molecule has 2 N–H and O–H groups in total. The lowest BCUT2D eigenvalue weighted by Crippen LogP contribution is -2.31. The van der Waals surface area contributed by atoms with Crippen molar-refractivity contribution in [2.24, 2.45) is 0 Å². The molecule has 0 amide bonds. The Balaban J connectivity index is 1.64. The van der Waals surface area contributed by atoms with E-state index in [1.807, 2.05) is 18.3 Å². The molecule has 4 rings (SSSR count). The summed E-state index contributed by atoms with van der Waals surface area (Å²) < 4.78 is 2.40. The van der Waals surface area contributed by atoms with Crippen molar-refractivity contribution >= 4 is 17.3 Å². The summed E-state index contributed by atoms with van der Waals surface area (Å²) in [6.07, 6.45) is 13.6. The van der Waals surface area contributed by atoms with Crippen LogP contribution in [-0.2, 0) is 0 Å². The van der Waals surface area contributed by atoms with Gasteiger partial charge in [0.2, 0.25) is 0 Å². The maximum Gasteiger partial charge on any atom is 0.170 e. The van der Waals surface area contributed by atoms with E-state index in [1.54, 1.807) is 0 Å². The zero-order valence-electron chi connectivity index (χ0n) is 15.6. The fourth-order valence-electron chi connectivity index (χ4n) is 4.46. The van der Waals surface area contributed by atoms with Crippen LogP contribution >= 0.6 is 12.2 Å². The van der Waals surface area contributed by atoms with E-state index < -0.39 is 0 Å². The van der Waals surface area contributed by atoms with E-state index in [4.69, 9.17) is 12.2 Å². The Morgan fingerprint density at radius 3 is 2.78 bits per heavy atom. The van der Waals surface area contributed by atoms with E-state index >= 15 is 0 Å². The number of hydrogen-bond donors (Lipinski definition) is 2. The molecule has 2 aromatic rings. The largest absolute Gasteiger partial charge is 0.396 e. The number of thiocarbonyl (C=S) groups is 1. The van der Waals surface area contributed by atoms with Crippen molar-refractivity contribution in [3.05, 3.63) is 54.1 Å². The Kier molecular flexibility index (Phi) is 5.74. The fourth-order valence-corrected chi connectivity index (χ4v) is 4.79. The van der Waals surface area contributed by atoms with Gasteiger partial charge in [0.25, 0.3) is 0 Å². The zero-order chi connectivity index (χ0) is 18.6. The van der Waals surface area contributed by atoms with Crippen LogP contribution in [0.3, 0.4) is 0 Å².